The van der Waals surface area contributed by atoms with Gasteiger partial charge in [0.05, 0.1) is 10.6 Å². The summed E-state index contributed by atoms with van der Waals surface area (Å²) < 4.78 is 33.5. The van der Waals surface area contributed by atoms with Gasteiger partial charge in [-0.2, -0.15) is 0 Å². The minimum Gasteiger partial charge on any atom is -0.411 e. The van der Waals surface area contributed by atoms with Gasteiger partial charge in [0.1, 0.15) is 0 Å². The third-order valence-electron chi connectivity index (χ3n) is 5.92. The number of rotatable bonds is 7. The van der Waals surface area contributed by atoms with E-state index >= 15 is 0 Å². The van der Waals surface area contributed by atoms with E-state index in [-0.39, 0.29) is 28.5 Å². The summed E-state index contributed by atoms with van der Waals surface area (Å²) in [6.45, 7) is 3.94. The maximum Gasteiger partial charge on any atom is 0.277 e. The van der Waals surface area contributed by atoms with E-state index in [1.807, 2.05) is 36.9 Å². The number of hydrogen-bond acceptors (Lipinski definition) is 7. The van der Waals surface area contributed by atoms with Crippen LogP contribution in [0.15, 0.2) is 87.3 Å². The first-order valence-electron chi connectivity index (χ1n) is 11.4. The maximum absolute atomic E-state index is 12.9. The monoisotopic (exact) mass is 520 g/mol. The fraction of sp³-hybridized carbons (Fsp3) is 0.192. The Bertz CT molecular complexity index is 1500. The van der Waals surface area contributed by atoms with Gasteiger partial charge < -0.3 is 9.32 Å². The first kappa shape index (κ1) is 24.1. The van der Waals surface area contributed by atoms with Gasteiger partial charge in [0.15, 0.2) is 0 Å². The van der Waals surface area contributed by atoms with Crippen LogP contribution in [-0.4, -0.2) is 36.3 Å². The number of nitrogens with one attached hydrogen (secondary N) is 1. The Morgan fingerprint density at radius 2 is 1.78 bits per heavy atom. The highest BCUT2D eigenvalue weighted by Crippen LogP contribution is 2.33. The van der Waals surface area contributed by atoms with Crippen molar-refractivity contribution in [2.75, 3.05) is 15.4 Å². The Morgan fingerprint density at radius 3 is 2.53 bits per heavy atom. The lowest BCUT2D eigenvalue weighted by Gasteiger charge is -2.22. The molecule has 0 bridgehead atoms. The number of anilines is 2. The zero-order valence-corrected chi connectivity index (χ0v) is 21.3. The van der Waals surface area contributed by atoms with Gasteiger partial charge in [-0.3, -0.25) is 9.52 Å². The zero-order valence-electron chi connectivity index (χ0n) is 19.7. The fourth-order valence-corrected chi connectivity index (χ4v) is 5.82. The number of thioether (sulfide) groups is 1. The predicted octanol–water partition coefficient (Wildman–Crippen LogP) is 4.92. The van der Waals surface area contributed by atoms with E-state index in [2.05, 4.69) is 21.0 Å². The lowest BCUT2D eigenvalue weighted by atomic mass is 10.1. The normalized spacial score (nSPS) is 15.1. The molecule has 5 rings (SSSR count). The van der Waals surface area contributed by atoms with E-state index in [0.717, 1.165) is 17.7 Å². The molecule has 4 aromatic rings. The van der Waals surface area contributed by atoms with Crippen LogP contribution in [0, 0.1) is 6.92 Å². The molecule has 184 valence electrons. The molecule has 8 nitrogen and oxygen atoms in total. The molecule has 0 aliphatic carbocycles. The average Bonchev–Trinajstić information content (AvgIpc) is 3.47. The predicted molar refractivity (Wildman–Crippen MR) is 140 cm³/mol. The van der Waals surface area contributed by atoms with Crippen LogP contribution in [0.5, 0.6) is 0 Å². The number of amides is 1. The van der Waals surface area contributed by atoms with Crippen LogP contribution in [0.1, 0.15) is 18.1 Å². The van der Waals surface area contributed by atoms with Crippen molar-refractivity contribution in [3.63, 3.8) is 0 Å². The molecule has 1 aromatic heterocycles. The van der Waals surface area contributed by atoms with E-state index in [9.17, 15) is 13.2 Å². The SMILES string of the molecule is Cc1ccc(S(=O)(=O)Nc2ccc(-c3nnc(SCC(=O)N4c5ccccc5CC4C)o3)cc2)cc1. The van der Waals surface area contributed by atoms with E-state index in [4.69, 9.17) is 4.42 Å². The van der Waals surface area contributed by atoms with E-state index < -0.39 is 10.0 Å². The molecule has 0 spiro atoms. The van der Waals surface area contributed by atoms with Crippen LogP contribution in [0.2, 0.25) is 0 Å². The number of sulfonamides is 1. The molecule has 1 N–H and O–H groups in total. The molecule has 1 atom stereocenters. The van der Waals surface area contributed by atoms with Crippen molar-refractivity contribution in [1.82, 2.24) is 10.2 Å². The van der Waals surface area contributed by atoms with Crippen LogP contribution < -0.4 is 9.62 Å². The molecule has 0 saturated heterocycles. The molecule has 0 radical (unpaired) electrons. The maximum atomic E-state index is 12.9. The quantitative estimate of drug-likeness (QED) is 0.345. The van der Waals surface area contributed by atoms with Gasteiger partial charge in [-0.1, -0.05) is 47.7 Å². The molecule has 1 amide bonds. The lowest BCUT2D eigenvalue weighted by molar-refractivity contribution is -0.116. The molecule has 0 saturated carbocycles. The summed E-state index contributed by atoms with van der Waals surface area (Å²) in [7, 11) is -3.69. The summed E-state index contributed by atoms with van der Waals surface area (Å²) in [5.74, 6) is 0.459. The molecule has 2 heterocycles. The van der Waals surface area contributed by atoms with Crippen molar-refractivity contribution >= 4 is 39.1 Å². The highest BCUT2D eigenvalue weighted by molar-refractivity contribution is 7.99. The summed E-state index contributed by atoms with van der Waals surface area (Å²) in [5, 5.41) is 8.41. The number of aromatic nitrogens is 2. The van der Waals surface area contributed by atoms with Crippen LogP contribution in [0.3, 0.4) is 0 Å². The van der Waals surface area contributed by atoms with Gasteiger partial charge in [-0.05, 0) is 68.3 Å². The summed E-state index contributed by atoms with van der Waals surface area (Å²) >= 11 is 1.19. The molecular formula is C26H24N4O4S2. The van der Waals surface area contributed by atoms with Crippen molar-refractivity contribution < 1.29 is 17.6 Å². The smallest absolute Gasteiger partial charge is 0.277 e. The highest BCUT2D eigenvalue weighted by atomic mass is 32.2. The Kier molecular flexibility index (Phi) is 6.55. The minimum absolute atomic E-state index is 0.0117. The first-order valence-corrected chi connectivity index (χ1v) is 13.8. The van der Waals surface area contributed by atoms with Crippen LogP contribution in [-0.2, 0) is 21.2 Å². The number of benzene rings is 3. The number of nitrogens with zero attached hydrogens (tertiary/aromatic N) is 3. The van der Waals surface area contributed by atoms with Gasteiger partial charge in [0.2, 0.25) is 11.8 Å². The molecule has 36 heavy (non-hydrogen) atoms. The van der Waals surface area contributed by atoms with Crippen LogP contribution >= 0.6 is 11.8 Å². The van der Waals surface area contributed by atoms with Crippen LogP contribution in [0.25, 0.3) is 11.5 Å². The van der Waals surface area contributed by atoms with Crippen molar-refractivity contribution in [2.45, 2.75) is 36.4 Å². The molecule has 1 unspecified atom stereocenters. The van der Waals surface area contributed by atoms with Crippen molar-refractivity contribution in [3.05, 3.63) is 83.9 Å². The topological polar surface area (TPSA) is 105 Å². The highest BCUT2D eigenvalue weighted by Gasteiger charge is 2.30. The summed E-state index contributed by atoms with van der Waals surface area (Å²) in [6, 6.07) is 21.3. The third kappa shape index (κ3) is 5.00. The Morgan fingerprint density at radius 1 is 1.06 bits per heavy atom. The number of fused-ring (bicyclic) bond motifs is 1. The molecule has 1 aliphatic rings. The van der Waals surface area contributed by atoms with Crippen molar-refractivity contribution in [3.8, 4) is 11.5 Å². The van der Waals surface area contributed by atoms with E-state index in [1.165, 1.54) is 17.3 Å². The number of hydrogen-bond donors (Lipinski definition) is 1. The first-order chi connectivity index (χ1) is 17.3. The Labute approximate surface area is 213 Å². The average molecular weight is 521 g/mol. The number of para-hydroxylation sites is 1. The van der Waals surface area contributed by atoms with Gasteiger partial charge in [0, 0.05) is 23.0 Å². The molecule has 3 aromatic carbocycles. The van der Waals surface area contributed by atoms with E-state index in [1.54, 1.807) is 48.5 Å². The van der Waals surface area contributed by atoms with Gasteiger partial charge in [0.25, 0.3) is 15.2 Å². The lowest BCUT2D eigenvalue weighted by Crippen LogP contribution is -2.36. The molecule has 0 fully saturated rings. The van der Waals surface area contributed by atoms with Gasteiger partial charge >= 0.3 is 0 Å². The van der Waals surface area contributed by atoms with Crippen LogP contribution in [0.4, 0.5) is 11.4 Å². The second-order valence-corrected chi connectivity index (χ2v) is 11.2. The number of carbonyl (C=O) groups excluding carboxylic acids is 1. The standard InChI is InChI=1S/C26H24N4O4S2/c1-17-7-13-22(14-8-17)36(32,33)29-21-11-9-19(10-12-21)25-27-28-26(34-25)35-16-24(31)30-18(2)15-20-5-3-4-6-23(20)30/h3-14,18,29H,15-16H2,1-2H3. The van der Waals surface area contributed by atoms with Gasteiger partial charge in [-0.15, -0.1) is 10.2 Å². The molecule has 1 aliphatic heterocycles. The third-order valence-corrected chi connectivity index (χ3v) is 8.12. The van der Waals surface area contributed by atoms with E-state index in [0.29, 0.717) is 16.5 Å². The second-order valence-electron chi connectivity index (χ2n) is 8.60. The Hall–Kier alpha value is -3.63. The zero-order chi connectivity index (χ0) is 25.3. The Balaban J connectivity index is 1.21. The van der Waals surface area contributed by atoms with Gasteiger partial charge in [-0.25, -0.2) is 8.42 Å². The number of carbonyl (C=O) groups is 1. The summed E-state index contributed by atoms with van der Waals surface area (Å²) in [6.07, 6.45) is 0.842. The molecular weight excluding hydrogens is 496 g/mol. The molecule has 10 heteroatoms. The summed E-state index contributed by atoms with van der Waals surface area (Å²) in [5.41, 5.74) is 4.17. The number of aryl methyl sites for hydroxylation is 1. The van der Waals surface area contributed by atoms with Crippen molar-refractivity contribution in [2.24, 2.45) is 0 Å². The fourth-order valence-electron chi connectivity index (χ4n) is 4.14. The van der Waals surface area contributed by atoms with Crippen molar-refractivity contribution in [1.29, 1.82) is 0 Å². The largest absolute Gasteiger partial charge is 0.411 e. The summed E-state index contributed by atoms with van der Waals surface area (Å²) in [4.78, 5) is 14.9. The minimum atomic E-state index is -3.69. The second kappa shape index (κ2) is 9.79.